The van der Waals surface area contributed by atoms with Gasteiger partial charge in [0.2, 0.25) is 0 Å². The Labute approximate surface area is 151 Å². The third-order valence-corrected chi connectivity index (χ3v) is 4.43. The van der Waals surface area contributed by atoms with Crippen molar-refractivity contribution in [2.75, 3.05) is 16.8 Å². The smallest absolute Gasteiger partial charge is 0.293 e. The molecular formula is C18H13BrN2O4. The van der Waals surface area contributed by atoms with Crippen LogP contribution in [0.15, 0.2) is 62.2 Å². The van der Waals surface area contributed by atoms with E-state index in [2.05, 4.69) is 21.2 Å². The molecule has 1 aliphatic rings. The lowest BCUT2D eigenvalue weighted by Gasteiger charge is -2.16. The summed E-state index contributed by atoms with van der Waals surface area (Å²) in [5.41, 5.74) is 2.49. The van der Waals surface area contributed by atoms with Crippen molar-refractivity contribution in [1.29, 1.82) is 0 Å². The van der Waals surface area contributed by atoms with Crippen molar-refractivity contribution in [3.63, 3.8) is 0 Å². The van der Waals surface area contributed by atoms with E-state index in [9.17, 15) is 9.59 Å². The molecule has 25 heavy (non-hydrogen) atoms. The number of furan rings is 2. The van der Waals surface area contributed by atoms with Gasteiger partial charge in [0.25, 0.3) is 11.8 Å². The van der Waals surface area contributed by atoms with Gasteiger partial charge < -0.3 is 19.1 Å². The number of hydrogen-bond acceptors (Lipinski definition) is 4. The van der Waals surface area contributed by atoms with Gasteiger partial charge in [0, 0.05) is 17.9 Å². The molecule has 0 saturated carbocycles. The number of carbonyl (C=O) groups is 2. The monoisotopic (exact) mass is 400 g/mol. The maximum atomic E-state index is 12.5. The summed E-state index contributed by atoms with van der Waals surface area (Å²) in [5, 5.41) is 2.80. The molecule has 1 aromatic carbocycles. The van der Waals surface area contributed by atoms with E-state index in [1.165, 1.54) is 6.26 Å². The number of rotatable bonds is 3. The molecule has 0 spiro atoms. The lowest BCUT2D eigenvalue weighted by atomic mass is 10.1. The van der Waals surface area contributed by atoms with Crippen LogP contribution >= 0.6 is 15.9 Å². The molecular weight excluding hydrogens is 388 g/mol. The minimum atomic E-state index is -0.327. The number of nitrogens with zero attached hydrogens (tertiary/aromatic N) is 1. The molecule has 1 N–H and O–H groups in total. The van der Waals surface area contributed by atoms with Gasteiger partial charge in [-0.25, -0.2) is 0 Å². The number of carbonyl (C=O) groups excluding carboxylic acids is 2. The van der Waals surface area contributed by atoms with E-state index in [0.717, 1.165) is 17.7 Å². The van der Waals surface area contributed by atoms with Crippen LogP contribution in [0.5, 0.6) is 0 Å². The number of amides is 2. The van der Waals surface area contributed by atoms with Crippen LogP contribution in [0, 0.1) is 0 Å². The highest BCUT2D eigenvalue weighted by molar-refractivity contribution is 9.10. The summed E-state index contributed by atoms with van der Waals surface area (Å²) >= 11 is 3.17. The third-order valence-electron chi connectivity index (χ3n) is 4.01. The molecule has 0 aliphatic carbocycles. The highest BCUT2D eigenvalue weighted by Crippen LogP contribution is 2.32. The van der Waals surface area contributed by atoms with E-state index in [1.54, 1.807) is 35.2 Å². The van der Waals surface area contributed by atoms with Gasteiger partial charge in [0.1, 0.15) is 0 Å². The first kappa shape index (κ1) is 15.7. The zero-order chi connectivity index (χ0) is 17.4. The number of benzene rings is 1. The Morgan fingerprint density at radius 2 is 2.00 bits per heavy atom. The normalized spacial score (nSPS) is 12.9. The fourth-order valence-corrected chi connectivity index (χ4v) is 3.16. The molecule has 0 radical (unpaired) electrons. The minimum absolute atomic E-state index is 0.166. The predicted octanol–water partition coefficient (Wildman–Crippen LogP) is 4.09. The van der Waals surface area contributed by atoms with Crippen molar-refractivity contribution in [1.82, 2.24) is 0 Å². The van der Waals surface area contributed by atoms with Crippen LogP contribution in [-0.4, -0.2) is 18.4 Å². The van der Waals surface area contributed by atoms with Crippen molar-refractivity contribution in [2.45, 2.75) is 6.42 Å². The van der Waals surface area contributed by atoms with Crippen molar-refractivity contribution in [3.8, 4) is 0 Å². The molecule has 2 aromatic heterocycles. The molecule has 6 nitrogen and oxygen atoms in total. The topological polar surface area (TPSA) is 75.7 Å². The molecule has 0 fully saturated rings. The largest absolute Gasteiger partial charge is 0.459 e. The highest BCUT2D eigenvalue weighted by atomic mass is 79.9. The summed E-state index contributed by atoms with van der Waals surface area (Å²) in [4.78, 5) is 26.3. The van der Waals surface area contributed by atoms with E-state index >= 15 is 0 Å². The number of anilines is 2. The Hall–Kier alpha value is -2.80. The molecule has 3 aromatic rings. The van der Waals surface area contributed by atoms with Crippen molar-refractivity contribution in [2.24, 2.45) is 0 Å². The molecule has 4 rings (SSSR count). The average Bonchev–Trinajstić information content (AvgIpc) is 3.34. The van der Waals surface area contributed by atoms with Crippen LogP contribution in [0.1, 0.15) is 26.7 Å². The lowest BCUT2D eigenvalue weighted by molar-refractivity contribution is 0.0961. The van der Waals surface area contributed by atoms with Gasteiger partial charge in [-0.2, -0.15) is 0 Å². The number of halogens is 1. The SMILES string of the molecule is O=C(Nc1ccc2c(c1)CCN2C(=O)c1ccco1)c1ccc(Br)o1. The van der Waals surface area contributed by atoms with Gasteiger partial charge in [-0.1, -0.05) is 0 Å². The van der Waals surface area contributed by atoms with Crippen molar-refractivity contribution in [3.05, 3.63) is 70.5 Å². The summed E-state index contributed by atoms with van der Waals surface area (Å²) in [7, 11) is 0. The number of hydrogen-bond donors (Lipinski definition) is 1. The second-order valence-electron chi connectivity index (χ2n) is 5.59. The fourth-order valence-electron chi connectivity index (χ4n) is 2.85. The number of fused-ring (bicyclic) bond motifs is 1. The van der Waals surface area contributed by atoms with Crippen molar-refractivity contribution >= 4 is 39.1 Å². The Morgan fingerprint density at radius 1 is 1.12 bits per heavy atom. The van der Waals surface area contributed by atoms with E-state index < -0.39 is 0 Å². The zero-order valence-corrected chi connectivity index (χ0v) is 14.6. The van der Waals surface area contributed by atoms with Crippen LogP contribution in [0.3, 0.4) is 0 Å². The Bertz CT molecular complexity index is 946. The van der Waals surface area contributed by atoms with Crippen LogP contribution in [-0.2, 0) is 6.42 Å². The molecule has 126 valence electrons. The molecule has 3 heterocycles. The fraction of sp³-hybridized carbons (Fsp3) is 0.111. The first-order valence-corrected chi connectivity index (χ1v) is 8.46. The second-order valence-corrected chi connectivity index (χ2v) is 6.37. The first-order chi connectivity index (χ1) is 12.1. The molecule has 0 saturated heterocycles. The van der Waals surface area contributed by atoms with Crippen LogP contribution in [0.25, 0.3) is 0 Å². The summed E-state index contributed by atoms with van der Waals surface area (Å²) in [6.07, 6.45) is 2.20. The lowest BCUT2D eigenvalue weighted by Crippen LogP contribution is -2.28. The van der Waals surface area contributed by atoms with Gasteiger partial charge in [-0.3, -0.25) is 9.59 Å². The van der Waals surface area contributed by atoms with E-state index in [-0.39, 0.29) is 17.6 Å². The standard InChI is InChI=1S/C18H13BrN2O4/c19-16-6-5-14(25-16)17(22)20-12-3-4-13-11(10-12)7-8-21(13)18(23)15-2-1-9-24-15/h1-6,9-10H,7-8H2,(H,20,22). The van der Waals surface area contributed by atoms with E-state index in [4.69, 9.17) is 8.83 Å². The molecule has 0 bridgehead atoms. The van der Waals surface area contributed by atoms with Crippen LogP contribution in [0.4, 0.5) is 11.4 Å². The highest BCUT2D eigenvalue weighted by Gasteiger charge is 2.27. The first-order valence-electron chi connectivity index (χ1n) is 7.67. The van der Waals surface area contributed by atoms with Gasteiger partial charge in [-0.05, 0) is 70.4 Å². The quantitative estimate of drug-likeness (QED) is 0.718. The third kappa shape index (κ3) is 2.98. The van der Waals surface area contributed by atoms with Gasteiger partial charge in [-0.15, -0.1) is 0 Å². The predicted molar refractivity (Wildman–Crippen MR) is 94.9 cm³/mol. The van der Waals surface area contributed by atoms with E-state index in [1.807, 2.05) is 12.1 Å². The second kappa shape index (κ2) is 6.25. The van der Waals surface area contributed by atoms with Crippen LogP contribution < -0.4 is 10.2 Å². The molecule has 0 atom stereocenters. The summed E-state index contributed by atoms with van der Waals surface area (Å²) in [5.74, 6) is 0.0451. The molecule has 0 unspecified atom stereocenters. The molecule has 7 heteroatoms. The Kier molecular flexibility index (Phi) is 3.93. The maximum absolute atomic E-state index is 12.5. The Morgan fingerprint density at radius 3 is 2.72 bits per heavy atom. The molecule has 2 amide bonds. The van der Waals surface area contributed by atoms with Gasteiger partial charge >= 0.3 is 0 Å². The minimum Gasteiger partial charge on any atom is -0.459 e. The number of nitrogens with one attached hydrogen (secondary N) is 1. The van der Waals surface area contributed by atoms with E-state index in [0.29, 0.717) is 22.7 Å². The maximum Gasteiger partial charge on any atom is 0.293 e. The summed E-state index contributed by atoms with van der Waals surface area (Å²) < 4.78 is 10.9. The van der Waals surface area contributed by atoms with Crippen molar-refractivity contribution < 1.29 is 18.4 Å². The van der Waals surface area contributed by atoms with Gasteiger partial charge in [0.15, 0.2) is 16.2 Å². The van der Waals surface area contributed by atoms with Gasteiger partial charge in [0.05, 0.1) is 6.26 Å². The summed E-state index contributed by atoms with van der Waals surface area (Å²) in [6, 6.07) is 12.1. The Balaban J connectivity index is 1.53. The average molecular weight is 401 g/mol. The van der Waals surface area contributed by atoms with Crippen LogP contribution in [0.2, 0.25) is 0 Å². The zero-order valence-electron chi connectivity index (χ0n) is 13.0. The summed E-state index contributed by atoms with van der Waals surface area (Å²) in [6.45, 7) is 0.581. The molecule has 1 aliphatic heterocycles.